The van der Waals surface area contributed by atoms with E-state index in [-0.39, 0.29) is 5.75 Å². The van der Waals surface area contributed by atoms with Gasteiger partial charge in [-0.05, 0) is 37.1 Å². The molecule has 2 aromatic rings. The number of carbonyl (C=O) groups is 1. The Balaban J connectivity index is 2.59. The summed E-state index contributed by atoms with van der Waals surface area (Å²) in [5.41, 5.74) is 0.360. The Morgan fingerprint density at radius 2 is 1.77 bits per heavy atom. The van der Waals surface area contributed by atoms with Crippen LogP contribution >= 0.6 is 0 Å². The van der Waals surface area contributed by atoms with E-state index in [0.29, 0.717) is 5.56 Å². The van der Waals surface area contributed by atoms with Gasteiger partial charge < -0.3 is 9.84 Å². The van der Waals surface area contributed by atoms with E-state index in [9.17, 15) is 14.3 Å². The molecule has 2 rings (SSSR count). The molecule has 3 nitrogen and oxygen atoms in total. The molecule has 116 valence electrons. The second-order valence-electron chi connectivity index (χ2n) is 5.76. The standard InChI is InChI=1S/C18H19FO3/c1-18(2,17(20)21)16(12-7-5-4-6-8-12)13-9-10-15(22-3)14(19)11-13/h4-11,16H,1-3H3,(H,20,21)/t16-/m0/s1. The first kappa shape index (κ1) is 16.0. The number of aliphatic carboxylic acids is 1. The van der Waals surface area contributed by atoms with Crippen molar-refractivity contribution in [3.05, 3.63) is 65.5 Å². The zero-order valence-electron chi connectivity index (χ0n) is 12.8. The number of carboxylic acids is 1. The number of carboxylic acid groups (broad SMARTS) is 1. The van der Waals surface area contributed by atoms with Crippen LogP contribution in [-0.2, 0) is 4.79 Å². The maximum atomic E-state index is 14.0. The highest BCUT2D eigenvalue weighted by Crippen LogP contribution is 2.42. The molecule has 2 aromatic carbocycles. The molecule has 0 aliphatic heterocycles. The van der Waals surface area contributed by atoms with Gasteiger partial charge in [0.05, 0.1) is 12.5 Å². The molecule has 0 saturated heterocycles. The summed E-state index contributed by atoms with van der Waals surface area (Å²) in [7, 11) is 1.40. The van der Waals surface area contributed by atoms with Crippen molar-refractivity contribution < 1.29 is 19.0 Å². The molecule has 4 heteroatoms. The summed E-state index contributed by atoms with van der Waals surface area (Å²) >= 11 is 0. The third-order valence-corrected chi connectivity index (χ3v) is 3.91. The van der Waals surface area contributed by atoms with Crippen molar-refractivity contribution in [3.63, 3.8) is 0 Å². The van der Waals surface area contributed by atoms with Gasteiger partial charge >= 0.3 is 5.97 Å². The third-order valence-electron chi connectivity index (χ3n) is 3.91. The van der Waals surface area contributed by atoms with Crippen molar-refractivity contribution in [2.45, 2.75) is 19.8 Å². The lowest BCUT2D eigenvalue weighted by molar-refractivity contribution is -0.147. The van der Waals surface area contributed by atoms with Crippen LogP contribution in [0.2, 0.25) is 0 Å². The maximum Gasteiger partial charge on any atom is 0.310 e. The van der Waals surface area contributed by atoms with E-state index < -0.39 is 23.1 Å². The van der Waals surface area contributed by atoms with E-state index in [1.54, 1.807) is 19.9 Å². The van der Waals surface area contributed by atoms with Crippen LogP contribution < -0.4 is 4.74 Å². The highest BCUT2D eigenvalue weighted by Gasteiger charge is 2.39. The molecule has 0 aliphatic rings. The van der Waals surface area contributed by atoms with Crippen LogP contribution in [0, 0.1) is 11.2 Å². The number of ether oxygens (including phenoxy) is 1. The summed E-state index contributed by atoms with van der Waals surface area (Å²) < 4.78 is 19.0. The Morgan fingerprint density at radius 1 is 1.14 bits per heavy atom. The number of benzene rings is 2. The summed E-state index contributed by atoms with van der Waals surface area (Å²) in [5, 5.41) is 9.59. The zero-order chi connectivity index (χ0) is 16.3. The van der Waals surface area contributed by atoms with Crippen LogP contribution in [0.4, 0.5) is 4.39 Å². The first-order chi connectivity index (χ1) is 10.4. The molecule has 22 heavy (non-hydrogen) atoms. The van der Waals surface area contributed by atoms with Gasteiger partial charge in [0.1, 0.15) is 0 Å². The average molecular weight is 302 g/mol. The third kappa shape index (κ3) is 2.96. The number of rotatable bonds is 5. The summed E-state index contributed by atoms with van der Waals surface area (Å²) in [6.07, 6.45) is 0. The van der Waals surface area contributed by atoms with Crippen molar-refractivity contribution >= 4 is 5.97 Å². The first-order valence-corrected chi connectivity index (χ1v) is 6.99. The minimum Gasteiger partial charge on any atom is -0.494 e. The Kier molecular flexibility index (Phi) is 4.50. The summed E-state index contributed by atoms with van der Waals surface area (Å²) in [6, 6.07) is 13.9. The van der Waals surface area contributed by atoms with E-state index in [1.807, 2.05) is 30.3 Å². The van der Waals surface area contributed by atoms with E-state index >= 15 is 0 Å². The Hall–Kier alpha value is -2.36. The van der Waals surface area contributed by atoms with E-state index in [1.165, 1.54) is 19.2 Å². The van der Waals surface area contributed by atoms with Crippen molar-refractivity contribution in [2.75, 3.05) is 7.11 Å². The van der Waals surface area contributed by atoms with Gasteiger partial charge in [0.2, 0.25) is 0 Å². The first-order valence-electron chi connectivity index (χ1n) is 6.99. The van der Waals surface area contributed by atoms with Crippen molar-refractivity contribution in [3.8, 4) is 5.75 Å². The molecule has 0 radical (unpaired) electrons. The Labute approximate surface area is 129 Å². The van der Waals surface area contributed by atoms with Gasteiger partial charge in [-0.1, -0.05) is 36.4 Å². The SMILES string of the molecule is COc1ccc([C@H](c2ccccc2)C(C)(C)C(=O)O)cc1F. The number of hydrogen-bond acceptors (Lipinski definition) is 2. The average Bonchev–Trinajstić information content (AvgIpc) is 2.48. The smallest absolute Gasteiger partial charge is 0.310 e. The molecule has 1 N–H and O–H groups in total. The number of methoxy groups -OCH3 is 1. The van der Waals surface area contributed by atoms with Gasteiger partial charge in [-0.2, -0.15) is 0 Å². The number of halogens is 1. The molecule has 0 amide bonds. The van der Waals surface area contributed by atoms with Crippen molar-refractivity contribution in [2.24, 2.45) is 5.41 Å². The highest BCUT2D eigenvalue weighted by atomic mass is 19.1. The lowest BCUT2D eigenvalue weighted by Crippen LogP contribution is -2.32. The lowest BCUT2D eigenvalue weighted by atomic mass is 9.71. The fourth-order valence-electron chi connectivity index (χ4n) is 2.66. The predicted molar refractivity (Wildman–Crippen MR) is 82.7 cm³/mol. The minimum absolute atomic E-state index is 0.142. The Bertz CT molecular complexity index is 665. The quantitative estimate of drug-likeness (QED) is 0.905. The molecule has 0 unspecified atom stereocenters. The molecule has 0 spiro atoms. The van der Waals surface area contributed by atoms with Crippen LogP contribution in [0.1, 0.15) is 30.9 Å². The monoisotopic (exact) mass is 302 g/mol. The minimum atomic E-state index is -1.08. The van der Waals surface area contributed by atoms with Gasteiger partial charge in [0.25, 0.3) is 0 Å². The molecular formula is C18H19FO3. The Morgan fingerprint density at radius 3 is 2.27 bits per heavy atom. The van der Waals surface area contributed by atoms with Crippen LogP contribution in [0.3, 0.4) is 0 Å². The summed E-state index contributed by atoms with van der Waals surface area (Å²) in [5.74, 6) is -1.75. The second-order valence-corrected chi connectivity index (χ2v) is 5.76. The largest absolute Gasteiger partial charge is 0.494 e. The molecule has 0 aromatic heterocycles. The number of hydrogen-bond donors (Lipinski definition) is 1. The molecule has 0 heterocycles. The molecule has 0 fully saturated rings. The lowest BCUT2D eigenvalue weighted by Gasteiger charge is -2.31. The molecule has 0 bridgehead atoms. The van der Waals surface area contributed by atoms with Gasteiger partial charge in [-0.25, -0.2) is 4.39 Å². The van der Waals surface area contributed by atoms with E-state index in [2.05, 4.69) is 0 Å². The molecule has 0 aliphatic carbocycles. The van der Waals surface area contributed by atoms with Gasteiger partial charge in [-0.3, -0.25) is 4.79 Å². The maximum absolute atomic E-state index is 14.0. The second kappa shape index (κ2) is 6.18. The van der Waals surface area contributed by atoms with Crippen LogP contribution in [0.15, 0.2) is 48.5 Å². The predicted octanol–water partition coefficient (Wildman–Crippen LogP) is 4.08. The van der Waals surface area contributed by atoms with Crippen molar-refractivity contribution in [1.82, 2.24) is 0 Å². The van der Waals surface area contributed by atoms with Crippen LogP contribution in [0.25, 0.3) is 0 Å². The fourth-order valence-corrected chi connectivity index (χ4v) is 2.66. The van der Waals surface area contributed by atoms with E-state index in [0.717, 1.165) is 5.56 Å². The van der Waals surface area contributed by atoms with Gasteiger partial charge in [0.15, 0.2) is 11.6 Å². The normalized spacial score (nSPS) is 12.7. The van der Waals surface area contributed by atoms with Crippen LogP contribution in [-0.4, -0.2) is 18.2 Å². The fraction of sp³-hybridized carbons (Fsp3) is 0.278. The zero-order valence-corrected chi connectivity index (χ0v) is 12.8. The molecule has 1 atom stereocenters. The van der Waals surface area contributed by atoms with Crippen molar-refractivity contribution in [1.29, 1.82) is 0 Å². The van der Waals surface area contributed by atoms with Gasteiger partial charge in [0, 0.05) is 5.92 Å². The topological polar surface area (TPSA) is 46.5 Å². The van der Waals surface area contributed by atoms with Crippen LogP contribution in [0.5, 0.6) is 5.75 Å². The summed E-state index contributed by atoms with van der Waals surface area (Å²) in [4.78, 5) is 11.7. The highest BCUT2D eigenvalue weighted by molar-refractivity contribution is 5.76. The molecule has 0 saturated carbocycles. The summed E-state index contributed by atoms with van der Waals surface area (Å²) in [6.45, 7) is 3.30. The van der Waals surface area contributed by atoms with E-state index in [4.69, 9.17) is 4.74 Å². The van der Waals surface area contributed by atoms with Gasteiger partial charge in [-0.15, -0.1) is 0 Å². The molecular weight excluding hydrogens is 283 g/mol.